The van der Waals surface area contributed by atoms with E-state index in [0.717, 1.165) is 16.8 Å². The minimum Gasteiger partial charge on any atom is -0.493 e. The SMILES string of the molecule is COc1cc(-c2nnc(SCC(=O)c3ccccc3)n2-c2ccc(C)cc2)cc(OC)c1OC. The molecule has 0 spiro atoms. The fraction of sp³-hybridized carbons (Fsp3) is 0.192. The maximum atomic E-state index is 12.7. The lowest BCUT2D eigenvalue weighted by Crippen LogP contribution is -2.05. The van der Waals surface area contributed by atoms with Crippen molar-refractivity contribution in [1.82, 2.24) is 14.8 Å². The smallest absolute Gasteiger partial charge is 0.203 e. The van der Waals surface area contributed by atoms with Gasteiger partial charge in [-0.05, 0) is 31.2 Å². The molecule has 0 amide bonds. The fourth-order valence-corrected chi connectivity index (χ4v) is 4.37. The molecule has 0 aliphatic carbocycles. The van der Waals surface area contributed by atoms with Gasteiger partial charge in [0.05, 0.1) is 27.1 Å². The van der Waals surface area contributed by atoms with E-state index in [9.17, 15) is 4.79 Å². The molecule has 174 valence electrons. The van der Waals surface area contributed by atoms with Gasteiger partial charge >= 0.3 is 0 Å². The summed E-state index contributed by atoms with van der Waals surface area (Å²) >= 11 is 1.34. The highest BCUT2D eigenvalue weighted by molar-refractivity contribution is 7.99. The van der Waals surface area contributed by atoms with E-state index in [0.29, 0.717) is 33.8 Å². The molecular formula is C26H25N3O4S. The van der Waals surface area contributed by atoms with Crippen molar-refractivity contribution in [2.24, 2.45) is 0 Å². The number of rotatable bonds is 9. The number of thioether (sulfide) groups is 1. The van der Waals surface area contributed by atoms with E-state index in [2.05, 4.69) is 10.2 Å². The summed E-state index contributed by atoms with van der Waals surface area (Å²) in [6.07, 6.45) is 0. The summed E-state index contributed by atoms with van der Waals surface area (Å²) in [5, 5.41) is 9.50. The first-order chi connectivity index (χ1) is 16.5. The molecule has 0 unspecified atom stereocenters. The Labute approximate surface area is 202 Å². The van der Waals surface area contributed by atoms with Crippen molar-refractivity contribution >= 4 is 17.5 Å². The van der Waals surface area contributed by atoms with Crippen molar-refractivity contribution in [3.63, 3.8) is 0 Å². The summed E-state index contributed by atoms with van der Waals surface area (Å²) in [6, 6.07) is 21.0. The molecule has 4 rings (SSSR count). The van der Waals surface area contributed by atoms with Crippen LogP contribution in [0.5, 0.6) is 17.2 Å². The van der Waals surface area contributed by atoms with Crippen LogP contribution in [0.4, 0.5) is 0 Å². The predicted molar refractivity (Wildman–Crippen MR) is 133 cm³/mol. The Kier molecular flexibility index (Phi) is 7.18. The first-order valence-electron chi connectivity index (χ1n) is 10.6. The zero-order valence-corrected chi connectivity index (χ0v) is 20.3. The molecule has 8 heteroatoms. The van der Waals surface area contributed by atoms with Crippen molar-refractivity contribution in [1.29, 1.82) is 0 Å². The number of Topliss-reactive ketones (excluding diaryl/α,β-unsaturated/α-hetero) is 1. The first kappa shape index (κ1) is 23.4. The quantitative estimate of drug-likeness (QED) is 0.242. The topological polar surface area (TPSA) is 75.5 Å². The van der Waals surface area contributed by atoms with Crippen LogP contribution in [0.1, 0.15) is 15.9 Å². The van der Waals surface area contributed by atoms with E-state index in [4.69, 9.17) is 14.2 Å². The second-order valence-corrected chi connectivity index (χ2v) is 8.41. The van der Waals surface area contributed by atoms with Gasteiger partial charge in [0.1, 0.15) is 0 Å². The van der Waals surface area contributed by atoms with Crippen molar-refractivity contribution in [2.45, 2.75) is 12.1 Å². The van der Waals surface area contributed by atoms with Crippen LogP contribution in [-0.2, 0) is 0 Å². The van der Waals surface area contributed by atoms with Gasteiger partial charge in [0.25, 0.3) is 0 Å². The Bertz CT molecular complexity index is 1260. The number of nitrogens with zero attached hydrogens (tertiary/aromatic N) is 3. The molecule has 34 heavy (non-hydrogen) atoms. The minimum absolute atomic E-state index is 0.0263. The van der Waals surface area contributed by atoms with E-state index in [1.165, 1.54) is 11.8 Å². The predicted octanol–water partition coefficient (Wildman–Crippen LogP) is 5.24. The van der Waals surface area contributed by atoms with Crippen molar-refractivity contribution in [3.05, 3.63) is 77.9 Å². The number of hydrogen-bond acceptors (Lipinski definition) is 7. The van der Waals surface area contributed by atoms with Crippen LogP contribution in [0.15, 0.2) is 71.9 Å². The molecule has 0 fully saturated rings. The first-order valence-corrected chi connectivity index (χ1v) is 11.6. The molecule has 0 saturated carbocycles. The number of methoxy groups -OCH3 is 3. The number of aryl methyl sites for hydroxylation is 1. The molecule has 7 nitrogen and oxygen atoms in total. The summed E-state index contributed by atoms with van der Waals surface area (Å²) in [6.45, 7) is 2.03. The number of ketones is 1. The van der Waals surface area contributed by atoms with E-state index in [1.54, 1.807) is 21.3 Å². The second-order valence-electron chi connectivity index (χ2n) is 7.47. The van der Waals surface area contributed by atoms with Crippen LogP contribution in [0.3, 0.4) is 0 Å². The third-order valence-electron chi connectivity index (χ3n) is 5.28. The van der Waals surface area contributed by atoms with Crippen molar-refractivity contribution < 1.29 is 19.0 Å². The Hall–Kier alpha value is -3.78. The fourth-order valence-electron chi connectivity index (χ4n) is 3.52. The number of carbonyl (C=O) groups is 1. The van der Waals surface area contributed by atoms with Gasteiger partial charge in [0.15, 0.2) is 28.3 Å². The van der Waals surface area contributed by atoms with Gasteiger partial charge in [0, 0.05) is 16.8 Å². The molecule has 4 aromatic rings. The zero-order valence-electron chi connectivity index (χ0n) is 19.4. The highest BCUT2D eigenvalue weighted by atomic mass is 32.2. The standard InChI is InChI=1S/C26H25N3O4S/c1-17-10-12-20(13-11-17)29-25(19-14-22(31-2)24(33-4)23(15-19)32-3)27-28-26(29)34-16-21(30)18-8-6-5-7-9-18/h5-15H,16H2,1-4H3. The third-order valence-corrected chi connectivity index (χ3v) is 6.21. The second kappa shape index (κ2) is 10.4. The average molecular weight is 476 g/mol. The van der Waals surface area contributed by atoms with E-state index >= 15 is 0 Å². The Balaban J connectivity index is 1.77. The van der Waals surface area contributed by atoms with Crippen LogP contribution in [0.25, 0.3) is 17.1 Å². The van der Waals surface area contributed by atoms with Crippen LogP contribution in [-0.4, -0.2) is 47.6 Å². The van der Waals surface area contributed by atoms with Gasteiger partial charge in [-0.3, -0.25) is 9.36 Å². The number of aromatic nitrogens is 3. The Morgan fingerprint density at radius 2 is 1.53 bits per heavy atom. The molecule has 0 atom stereocenters. The van der Waals surface area contributed by atoms with Crippen molar-refractivity contribution in [3.8, 4) is 34.3 Å². The largest absolute Gasteiger partial charge is 0.493 e. The lowest BCUT2D eigenvalue weighted by Gasteiger charge is -2.15. The lowest BCUT2D eigenvalue weighted by molar-refractivity contribution is 0.102. The number of benzene rings is 3. The maximum Gasteiger partial charge on any atom is 0.203 e. The third kappa shape index (κ3) is 4.77. The molecule has 0 aliphatic heterocycles. The number of ether oxygens (including phenoxy) is 3. The van der Waals surface area contributed by atoms with Gasteiger partial charge in [-0.1, -0.05) is 59.8 Å². The molecule has 0 bridgehead atoms. The van der Waals surface area contributed by atoms with E-state index in [-0.39, 0.29) is 11.5 Å². The van der Waals surface area contributed by atoms with Gasteiger partial charge in [-0.2, -0.15) is 0 Å². The number of carbonyl (C=O) groups excluding carboxylic acids is 1. The summed E-state index contributed by atoms with van der Waals surface area (Å²) in [5.41, 5.74) is 3.43. The van der Waals surface area contributed by atoms with Crippen molar-refractivity contribution in [2.75, 3.05) is 27.1 Å². The van der Waals surface area contributed by atoms with Gasteiger partial charge in [0.2, 0.25) is 5.75 Å². The van der Waals surface area contributed by atoms with Gasteiger partial charge < -0.3 is 14.2 Å². The van der Waals surface area contributed by atoms with Gasteiger partial charge in [-0.25, -0.2) is 0 Å². The molecule has 0 radical (unpaired) electrons. The summed E-state index contributed by atoms with van der Waals surface area (Å²) in [5.74, 6) is 2.39. The van der Waals surface area contributed by atoms with E-state index in [1.807, 2.05) is 78.2 Å². The van der Waals surface area contributed by atoms with Crippen LogP contribution in [0.2, 0.25) is 0 Å². The molecule has 1 aromatic heterocycles. The molecule has 0 N–H and O–H groups in total. The average Bonchev–Trinajstić information content (AvgIpc) is 3.31. The molecular weight excluding hydrogens is 450 g/mol. The summed E-state index contributed by atoms with van der Waals surface area (Å²) in [4.78, 5) is 12.7. The highest BCUT2D eigenvalue weighted by Crippen LogP contribution is 2.41. The molecule has 0 saturated heterocycles. The molecule has 0 aliphatic rings. The normalized spacial score (nSPS) is 10.7. The van der Waals surface area contributed by atoms with Crippen LogP contribution in [0, 0.1) is 6.92 Å². The lowest BCUT2D eigenvalue weighted by atomic mass is 10.1. The zero-order chi connectivity index (χ0) is 24.1. The minimum atomic E-state index is 0.0263. The summed E-state index contributed by atoms with van der Waals surface area (Å²) < 4.78 is 18.4. The Morgan fingerprint density at radius 3 is 2.12 bits per heavy atom. The monoisotopic (exact) mass is 475 g/mol. The molecule has 3 aromatic carbocycles. The summed E-state index contributed by atoms with van der Waals surface area (Å²) in [7, 11) is 4.71. The van der Waals surface area contributed by atoms with Crippen LogP contribution >= 0.6 is 11.8 Å². The van der Waals surface area contributed by atoms with Gasteiger partial charge in [-0.15, -0.1) is 10.2 Å². The van der Waals surface area contributed by atoms with E-state index < -0.39 is 0 Å². The van der Waals surface area contributed by atoms with Crippen LogP contribution < -0.4 is 14.2 Å². The maximum absolute atomic E-state index is 12.7. The Morgan fingerprint density at radius 1 is 0.882 bits per heavy atom. The number of hydrogen-bond donors (Lipinski definition) is 0. The highest BCUT2D eigenvalue weighted by Gasteiger charge is 2.21. The molecule has 1 heterocycles.